The van der Waals surface area contributed by atoms with E-state index in [0.29, 0.717) is 42.4 Å². The molecule has 1 aliphatic rings. The molecule has 4 rings (SSSR count). The van der Waals surface area contributed by atoms with Gasteiger partial charge in [0.1, 0.15) is 0 Å². The van der Waals surface area contributed by atoms with E-state index in [1.54, 1.807) is 17.0 Å². The molecule has 1 aliphatic heterocycles. The summed E-state index contributed by atoms with van der Waals surface area (Å²) in [4.78, 5) is 19.1. The summed E-state index contributed by atoms with van der Waals surface area (Å²) < 4.78 is 17.9. The molecule has 3 heterocycles. The fraction of sp³-hybridized carbons (Fsp3) is 0.350. The Kier molecular flexibility index (Phi) is 4.87. The molecule has 0 bridgehead atoms. The van der Waals surface area contributed by atoms with Crippen LogP contribution in [0.4, 0.5) is 10.5 Å². The standard InChI is InChI=1S/C20H23N5O4/c1-12-7-18-21-10-13-11-24(6-5-15(13)25(18)23-12)20(26)22-14-8-16(27-2)19(29-4)17(9-14)28-3/h7-10H,5-6,11H2,1-4H3,(H,22,26). The van der Waals surface area contributed by atoms with E-state index in [0.717, 1.165) is 22.6 Å². The molecule has 0 saturated carbocycles. The Morgan fingerprint density at radius 2 is 1.83 bits per heavy atom. The molecule has 0 unspecified atom stereocenters. The van der Waals surface area contributed by atoms with Gasteiger partial charge in [-0.2, -0.15) is 5.10 Å². The number of ether oxygens (including phenoxy) is 3. The third kappa shape index (κ3) is 3.39. The van der Waals surface area contributed by atoms with Crippen LogP contribution in [0.1, 0.15) is 17.0 Å². The van der Waals surface area contributed by atoms with Crippen molar-refractivity contribution in [2.45, 2.75) is 19.9 Å². The van der Waals surface area contributed by atoms with E-state index in [9.17, 15) is 4.79 Å². The van der Waals surface area contributed by atoms with E-state index in [4.69, 9.17) is 14.2 Å². The van der Waals surface area contributed by atoms with Crippen molar-refractivity contribution in [3.8, 4) is 17.2 Å². The van der Waals surface area contributed by atoms with E-state index in [2.05, 4.69) is 15.4 Å². The molecule has 9 heteroatoms. The molecule has 0 fully saturated rings. The number of benzene rings is 1. The summed E-state index contributed by atoms with van der Waals surface area (Å²) in [7, 11) is 4.61. The minimum atomic E-state index is -0.207. The number of rotatable bonds is 4. The van der Waals surface area contributed by atoms with Gasteiger partial charge < -0.3 is 24.4 Å². The van der Waals surface area contributed by atoms with Crippen LogP contribution in [0, 0.1) is 6.92 Å². The largest absolute Gasteiger partial charge is 0.493 e. The first kappa shape index (κ1) is 18.9. The zero-order valence-electron chi connectivity index (χ0n) is 16.9. The van der Waals surface area contributed by atoms with Crippen molar-refractivity contribution >= 4 is 17.4 Å². The fourth-order valence-corrected chi connectivity index (χ4v) is 3.58. The number of nitrogens with one attached hydrogen (secondary N) is 1. The number of methoxy groups -OCH3 is 3. The van der Waals surface area contributed by atoms with Crippen molar-refractivity contribution < 1.29 is 19.0 Å². The number of carbonyl (C=O) groups is 1. The third-order valence-corrected chi connectivity index (χ3v) is 4.97. The topological polar surface area (TPSA) is 90.2 Å². The van der Waals surface area contributed by atoms with E-state index in [1.165, 1.54) is 21.3 Å². The molecule has 3 aromatic rings. The number of anilines is 1. The summed E-state index contributed by atoms with van der Waals surface area (Å²) >= 11 is 0. The molecule has 9 nitrogen and oxygen atoms in total. The lowest BCUT2D eigenvalue weighted by atomic mass is 10.1. The minimum absolute atomic E-state index is 0.207. The predicted molar refractivity (Wildman–Crippen MR) is 107 cm³/mol. The van der Waals surface area contributed by atoms with E-state index in [-0.39, 0.29) is 6.03 Å². The number of urea groups is 1. The molecule has 1 N–H and O–H groups in total. The van der Waals surface area contributed by atoms with Gasteiger partial charge in [0.15, 0.2) is 17.1 Å². The van der Waals surface area contributed by atoms with Crippen LogP contribution in [-0.2, 0) is 13.0 Å². The second kappa shape index (κ2) is 7.50. The van der Waals surface area contributed by atoms with Crippen LogP contribution in [0.2, 0.25) is 0 Å². The Balaban J connectivity index is 1.55. The summed E-state index contributed by atoms with van der Waals surface area (Å²) in [5.74, 6) is 1.43. The molecular formula is C20H23N5O4. The van der Waals surface area contributed by atoms with Crippen molar-refractivity contribution in [1.29, 1.82) is 0 Å². The van der Waals surface area contributed by atoms with Gasteiger partial charge in [-0.3, -0.25) is 0 Å². The van der Waals surface area contributed by atoms with Crippen LogP contribution in [0.3, 0.4) is 0 Å². The summed E-state index contributed by atoms with van der Waals surface area (Å²) in [6.07, 6.45) is 2.53. The highest BCUT2D eigenvalue weighted by molar-refractivity contribution is 5.90. The maximum atomic E-state index is 12.9. The van der Waals surface area contributed by atoms with Gasteiger partial charge in [-0.25, -0.2) is 14.3 Å². The maximum Gasteiger partial charge on any atom is 0.322 e. The van der Waals surface area contributed by atoms with Gasteiger partial charge >= 0.3 is 6.03 Å². The molecule has 152 valence electrons. The highest BCUT2D eigenvalue weighted by Gasteiger charge is 2.24. The molecule has 29 heavy (non-hydrogen) atoms. The van der Waals surface area contributed by atoms with Gasteiger partial charge in [0.2, 0.25) is 5.75 Å². The van der Waals surface area contributed by atoms with Crippen LogP contribution in [0.25, 0.3) is 5.65 Å². The number of aryl methyl sites for hydroxylation is 1. The van der Waals surface area contributed by atoms with E-state index in [1.807, 2.05) is 23.7 Å². The van der Waals surface area contributed by atoms with Gasteiger partial charge in [0.25, 0.3) is 0 Å². The Hall–Kier alpha value is -3.49. The average molecular weight is 397 g/mol. The van der Waals surface area contributed by atoms with Crippen molar-refractivity contribution in [1.82, 2.24) is 19.5 Å². The van der Waals surface area contributed by atoms with E-state index >= 15 is 0 Å². The monoisotopic (exact) mass is 397 g/mol. The molecule has 2 aromatic heterocycles. The van der Waals surface area contributed by atoms with Crippen LogP contribution in [0.15, 0.2) is 24.4 Å². The summed E-state index contributed by atoms with van der Waals surface area (Å²) in [5.41, 5.74) is 4.41. The molecular weight excluding hydrogens is 374 g/mol. The van der Waals surface area contributed by atoms with Crippen molar-refractivity contribution in [3.05, 3.63) is 41.3 Å². The number of carbonyl (C=O) groups excluding carboxylic acids is 1. The second-order valence-corrected chi connectivity index (χ2v) is 6.80. The number of fused-ring (bicyclic) bond motifs is 3. The van der Waals surface area contributed by atoms with Crippen molar-refractivity contribution in [2.75, 3.05) is 33.2 Å². The molecule has 0 spiro atoms. The fourth-order valence-electron chi connectivity index (χ4n) is 3.58. The van der Waals surface area contributed by atoms with Crippen LogP contribution < -0.4 is 19.5 Å². The number of aromatic nitrogens is 3. The predicted octanol–water partition coefficient (Wildman–Crippen LogP) is 2.65. The van der Waals surface area contributed by atoms with Gasteiger partial charge in [-0.1, -0.05) is 0 Å². The van der Waals surface area contributed by atoms with Crippen LogP contribution in [-0.4, -0.2) is 53.4 Å². The average Bonchev–Trinajstić information content (AvgIpc) is 3.13. The minimum Gasteiger partial charge on any atom is -0.493 e. The Morgan fingerprint density at radius 3 is 2.48 bits per heavy atom. The van der Waals surface area contributed by atoms with Gasteiger partial charge in [0, 0.05) is 42.9 Å². The Labute approximate surface area is 168 Å². The third-order valence-electron chi connectivity index (χ3n) is 4.97. The molecule has 1 aromatic carbocycles. The second-order valence-electron chi connectivity index (χ2n) is 6.80. The number of nitrogens with zero attached hydrogens (tertiary/aromatic N) is 4. The molecule has 0 aliphatic carbocycles. The first-order valence-corrected chi connectivity index (χ1v) is 9.23. The summed E-state index contributed by atoms with van der Waals surface area (Å²) in [6, 6.07) is 5.15. The highest BCUT2D eigenvalue weighted by Crippen LogP contribution is 2.40. The highest BCUT2D eigenvalue weighted by atomic mass is 16.5. The first-order valence-electron chi connectivity index (χ1n) is 9.23. The van der Waals surface area contributed by atoms with Crippen LogP contribution in [0.5, 0.6) is 17.2 Å². The Bertz CT molecular complexity index is 1050. The van der Waals surface area contributed by atoms with Gasteiger partial charge in [-0.15, -0.1) is 0 Å². The molecule has 0 radical (unpaired) electrons. The zero-order valence-corrected chi connectivity index (χ0v) is 16.9. The summed E-state index contributed by atoms with van der Waals surface area (Å²) in [6.45, 7) is 3.00. The molecule has 2 amide bonds. The van der Waals surface area contributed by atoms with Gasteiger partial charge in [-0.05, 0) is 6.92 Å². The van der Waals surface area contributed by atoms with Crippen LogP contribution >= 0.6 is 0 Å². The normalized spacial score (nSPS) is 13.2. The Morgan fingerprint density at radius 1 is 1.10 bits per heavy atom. The zero-order chi connectivity index (χ0) is 20.5. The first-order chi connectivity index (χ1) is 14.0. The van der Waals surface area contributed by atoms with Gasteiger partial charge in [0.05, 0.1) is 44.9 Å². The number of amides is 2. The SMILES string of the molecule is COc1cc(NC(=O)N2CCc3c(cnc4cc(C)nn34)C2)cc(OC)c1OC. The van der Waals surface area contributed by atoms with E-state index < -0.39 is 0 Å². The van der Waals surface area contributed by atoms with Crippen molar-refractivity contribution in [2.24, 2.45) is 0 Å². The number of hydrogen-bond donors (Lipinski definition) is 1. The lowest BCUT2D eigenvalue weighted by Gasteiger charge is -2.29. The van der Waals surface area contributed by atoms with Crippen molar-refractivity contribution in [3.63, 3.8) is 0 Å². The number of hydrogen-bond acceptors (Lipinski definition) is 6. The maximum absolute atomic E-state index is 12.9. The molecule has 0 saturated heterocycles. The molecule has 0 atom stereocenters. The summed E-state index contributed by atoms with van der Waals surface area (Å²) in [5, 5.41) is 7.43. The quantitative estimate of drug-likeness (QED) is 0.728. The lowest BCUT2D eigenvalue weighted by Crippen LogP contribution is -2.39. The lowest BCUT2D eigenvalue weighted by molar-refractivity contribution is 0.205. The smallest absolute Gasteiger partial charge is 0.322 e.